The van der Waals surface area contributed by atoms with E-state index in [1.165, 1.54) is 19.3 Å². The van der Waals surface area contributed by atoms with Crippen LogP contribution in [0.1, 0.15) is 44.9 Å². The van der Waals surface area contributed by atoms with Gasteiger partial charge in [0.05, 0.1) is 12.1 Å². The molecule has 0 aromatic rings. The zero-order valence-electron chi connectivity index (χ0n) is 12.6. The number of halogens is 1. The summed E-state index contributed by atoms with van der Waals surface area (Å²) in [5.74, 6) is 0.408. The zero-order chi connectivity index (χ0) is 14.4. The standard InChI is InChI=1S/C15H28N2O3.ClH/c16-14(12-6-8-20-9-7-12)15(19)17-10-13(18)11-4-2-1-3-5-11;/h11-14,18H,1-10,16H2,(H,17,19);1H. The van der Waals surface area contributed by atoms with Gasteiger partial charge in [-0.25, -0.2) is 0 Å². The van der Waals surface area contributed by atoms with E-state index in [4.69, 9.17) is 10.5 Å². The highest BCUT2D eigenvalue weighted by Gasteiger charge is 2.28. The number of aliphatic hydroxyl groups is 1. The highest BCUT2D eigenvalue weighted by Crippen LogP contribution is 2.26. The maximum Gasteiger partial charge on any atom is 0.237 e. The van der Waals surface area contributed by atoms with Crippen LogP contribution in [0.3, 0.4) is 0 Å². The maximum absolute atomic E-state index is 12.0. The fraction of sp³-hybridized carbons (Fsp3) is 0.933. The predicted octanol–water partition coefficient (Wildman–Crippen LogP) is 1.22. The van der Waals surface area contributed by atoms with Crippen LogP contribution in [0, 0.1) is 11.8 Å². The second-order valence-corrected chi connectivity index (χ2v) is 6.19. The van der Waals surface area contributed by atoms with Gasteiger partial charge >= 0.3 is 0 Å². The van der Waals surface area contributed by atoms with E-state index in [1.807, 2.05) is 0 Å². The van der Waals surface area contributed by atoms with Crippen molar-refractivity contribution in [2.75, 3.05) is 19.8 Å². The van der Waals surface area contributed by atoms with Gasteiger partial charge in [-0.2, -0.15) is 0 Å². The topological polar surface area (TPSA) is 84.6 Å². The van der Waals surface area contributed by atoms with E-state index in [2.05, 4.69) is 5.32 Å². The Bertz CT molecular complexity index is 305. The number of nitrogens with one attached hydrogen (secondary N) is 1. The van der Waals surface area contributed by atoms with E-state index in [0.717, 1.165) is 25.7 Å². The van der Waals surface area contributed by atoms with Gasteiger partial charge in [0.1, 0.15) is 0 Å². The van der Waals surface area contributed by atoms with Crippen LogP contribution in [0.25, 0.3) is 0 Å². The number of carbonyl (C=O) groups excluding carboxylic acids is 1. The molecule has 1 saturated carbocycles. The smallest absolute Gasteiger partial charge is 0.237 e. The predicted molar refractivity (Wildman–Crippen MR) is 84.4 cm³/mol. The highest BCUT2D eigenvalue weighted by molar-refractivity contribution is 5.85. The number of aliphatic hydroxyl groups excluding tert-OH is 1. The van der Waals surface area contributed by atoms with Gasteiger partial charge in [0.25, 0.3) is 0 Å². The molecule has 0 spiro atoms. The van der Waals surface area contributed by atoms with Crippen molar-refractivity contribution in [2.24, 2.45) is 17.6 Å². The lowest BCUT2D eigenvalue weighted by Gasteiger charge is -2.29. The first-order chi connectivity index (χ1) is 9.68. The van der Waals surface area contributed by atoms with E-state index >= 15 is 0 Å². The van der Waals surface area contributed by atoms with Crippen LogP contribution in [0.4, 0.5) is 0 Å². The fourth-order valence-electron chi connectivity index (χ4n) is 3.30. The molecule has 21 heavy (non-hydrogen) atoms. The Hall–Kier alpha value is -0.360. The molecule has 1 aliphatic carbocycles. The molecule has 1 heterocycles. The van der Waals surface area contributed by atoms with Gasteiger partial charge in [0.15, 0.2) is 0 Å². The van der Waals surface area contributed by atoms with Gasteiger partial charge in [-0.15, -0.1) is 12.4 Å². The van der Waals surface area contributed by atoms with Crippen LogP contribution in [-0.4, -0.2) is 42.9 Å². The summed E-state index contributed by atoms with van der Waals surface area (Å²) in [5, 5.41) is 13.0. The van der Waals surface area contributed by atoms with E-state index in [-0.39, 0.29) is 24.2 Å². The molecule has 2 fully saturated rings. The maximum atomic E-state index is 12.0. The van der Waals surface area contributed by atoms with Crippen molar-refractivity contribution in [3.05, 3.63) is 0 Å². The molecule has 0 bridgehead atoms. The molecule has 124 valence electrons. The lowest BCUT2D eigenvalue weighted by Crippen LogP contribution is -2.49. The zero-order valence-corrected chi connectivity index (χ0v) is 13.4. The lowest BCUT2D eigenvalue weighted by atomic mass is 9.85. The van der Waals surface area contributed by atoms with Gasteiger partial charge in [0.2, 0.25) is 5.91 Å². The summed E-state index contributed by atoms with van der Waals surface area (Å²) >= 11 is 0. The van der Waals surface area contributed by atoms with E-state index in [9.17, 15) is 9.90 Å². The fourth-order valence-corrected chi connectivity index (χ4v) is 3.30. The van der Waals surface area contributed by atoms with Gasteiger partial charge in [-0.1, -0.05) is 19.3 Å². The van der Waals surface area contributed by atoms with Crippen molar-refractivity contribution in [3.8, 4) is 0 Å². The Labute approximate surface area is 133 Å². The molecule has 1 amide bonds. The molecule has 4 N–H and O–H groups in total. The molecule has 0 aromatic carbocycles. The number of hydrogen-bond donors (Lipinski definition) is 3. The monoisotopic (exact) mass is 320 g/mol. The van der Waals surface area contributed by atoms with Crippen LogP contribution < -0.4 is 11.1 Å². The molecule has 1 aliphatic heterocycles. The molecule has 2 rings (SSSR count). The van der Waals surface area contributed by atoms with Crippen molar-refractivity contribution < 1.29 is 14.6 Å². The number of nitrogens with two attached hydrogens (primary N) is 1. The second-order valence-electron chi connectivity index (χ2n) is 6.19. The summed E-state index contributed by atoms with van der Waals surface area (Å²) in [7, 11) is 0. The summed E-state index contributed by atoms with van der Waals surface area (Å²) in [5.41, 5.74) is 6.01. The SMILES string of the molecule is Cl.NC(C(=O)NCC(O)C1CCCCC1)C1CCOCC1. The van der Waals surface area contributed by atoms with Crippen LogP contribution in [0.15, 0.2) is 0 Å². The quantitative estimate of drug-likeness (QED) is 0.711. The molecule has 6 heteroatoms. The Morgan fingerprint density at radius 3 is 2.38 bits per heavy atom. The second kappa shape index (κ2) is 9.62. The Morgan fingerprint density at radius 1 is 1.14 bits per heavy atom. The van der Waals surface area contributed by atoms with E-state index in [0.29, 0.717) is 25.7 Å². The Kier molecular flexibility index (Phi) is 8.56. The number of ether oxygens (including phenoxy) is 1. The van der Waals surface area contributed by atoms with Crippen molar-refractivity contribution >= 4 is 18.3 Å². The van der Waals surface area contributed by atoms with Gasteiger partial charge < -0.3 is 20.9 Å². The van der Waals surface area contributed by atoms with Crippen molar-refractivity contribution in [3.63, 3.8) is 0 Å². The third-order valence-corrected chi connectivity index (χ3v) is 4.76. The minimum Gasteiger partial charge on any atom is -0.391 e. The lowest BCUT2D eigenvalue weighted by molar-refractivity contribution is -0.125. The largest absolute Gasteiger partial charge is 0.391 e. The Balaban J connectivity index is 0.00000220. The van der Waals surface area contributed by atoms with Gasteiger partial charge in [-0.3, -0.25) is 4.79 Å². The van der Waals surface area contributed by atoms with Crippen molar-refractivity contribution in [1.82, 2.24) is 5.32 Å². The summed E-state index contributed by atoms with van der Waals surface area (Å²) in [4.78, 5) is 12.0. The summed E-state index contributed by atoms with van der Waals surface area (Å²) < 4.78 is 5.28. The summed E-state index contributed by atoms with van der Waals surface area (Å²) in [6, 6.07) is -0.475. The highest BCUT2D eigenvalue weighted by atomic mass is 35.5. The van der Waals surface area contributed by atoms with Gasteiger partial charge in [-0.05, 0) is 37.5 Å². The number of rotatable bonds is 5. The van der Waals surface area contributed by atoms with Crippen LogP contribution in [-0.2, 0) is 9.53 Å². The molecular weight excluding hydrogens is 292 g/mol. The van der Waals surface area contributed by atoms with Gasteiger partial charge in [0, 0.05) is 19.8 Å². The molecule has 2 aliphatic rings. The van der Waals surface area contributed by atoms with Crippen LogP contribution in [0.2, 0.25) is 0 Å². The third-order valence-electron chi connectivity index (χ3n) is 4.76. The van der Waals surface area contributed by atoms with E-state index in [1.54, 1.807) is 0 Å². The summed E-state index contributed by atoms with van der Waals surface area (Å²) in [6.45, 7) is 1.72. The number of hydrogen-bond acceptors (Lipinski definition) is 4. The minimum atomic E-state index is -0.475. The molecule has 0 radical (unpaired) electrons. The molecule has 0 aromatic heterocycles. The average molecular weight is 321 g/mol. The summed E-state index contributed by atoms with van der Waals surface area (Å²) in [6.07, 6.45) is 7.06. The minimum absolute atomic E-state index is 0. The van der Waals surface area contributed by atoms with Crippen LogP contribution >= 0.6 is 12.4 Å². The van der Waals surface area contributed by atoms with Crippen molar-refractivity contribution in [1.29, 1.82) is 0 Å². The first kappa shape index (κ1) is 18.7. The molecule has 2 unspecified atom stereocenters. The molecular formula is C15H29ClN2O3. The number of amides is 1. The first-order valence-electron chi connectivity index (χ1n) is 7.97. The Morgan fingerprint density at radius 2 is 1.76 bits per heavy atom. The normalized spacial score (nSPS) is 23.9. The molecule has 2 atom stereocenters. The average Bonchev–Trinajstić information content (AvgIpc) is 2.53. The molecule has 1 saturated heterocycles. The van der Waals surface area contributed by atoms with Crippen molar-refractivity contribution in [2.45, 2.75) is 57.1 Å². The van der Waals surface area contributed by atoms with Crippen LogP contribution in [0.5, 0.6) is 0 Å². The first-order valence-corrected chi connectivity index (χ1v) is 7.97. The molecule has 5 nitrogen and oxygen atoms in total. The third kappa shape index (κ3) is 5.74. The number of carbonyl (C=O) groups is 1. The van der Waals surface area contributed by atoms with E-state index < -0.39 is 12.1 Å².